The highest BCUT2D eigenvalue weighted by atomic mass is 32.1. The third kappa shape index (κ3) is 3.10. The van der Waals surface area contributed by atoms with Crippen molar-refractivity contribution in [3.05, 3.63) is 11.9 Å². The molecular weight excluding hydrogens is 184 g/mol. The molecule has 0 fully saturated rings. The van der Waals surface area contributed by atoms with Gasteiger partial charge in [-0.3, -0.25) is 0 Å². The Morgan fingerprint density at radius 3 is 2.69 bits per heavy atom. The van der Waals surface area contributed by atoms with E-state index < -0.39 is 0 Å². The highest BCUT2D eigenvalue weighted by Gasteiger charge is 1.98. The number of hydrogen-bond donors (Lipinski definition) is 3. The van der Waals surface area contributed by atoms with Crippen molar-refractivity contribution in [1.29, 1.82) is 0 Å². The summed E-state index contributed by atoms with van der Waals surface area (Å²) in [7, 11) is 1.84. The average Bonchev–Trinajstić information content (AvgIpc) is 2.14. The summed E-state index contributed by atoms with van der Waals surface area (Å²) in [5, 5.41) is 6.12. The number of aromatic nitrogens is 2. The van der Waals surface area contributed by atoms with Gasteiger partial charge in [-0.05, 0) is 6.92 Å². The number of rotatable bonds is 4. The van der Waals surface area contributed by atoms with E-state index in [0.29, 0.717) is 0 Å². The Labute approximate surface area is 83.6 Å². The van der Waals surface area contributed by atoms with E-state index in [0.717, 1.165) is 29.8 Å². The van der Waals surface area contributed by atoms with Gasteiger partial charge in [-0.1, -0.05) is 0 Å². The Balaban J connectivity index is 2.76. The lowest BCUT2D eigenvalue weighted by Crippen LogP contribution is -2.07. The van der Waals surface area contributed by atoms with Gasteiger partial charge >= 0.3 is 0 Å². The van der Waals surface area contributed by atoms with Gasteiger partial charge in [0.2, 0.25) is 0 Å². The maximum Gasteiger partial charge on any atom is 0.131 e. The monoisotopic (exact) mass is 198 g/mol. The Morgan fingerprint density at radius 1 is 1.38 bits per heavy atom. The summed E-state index contributed by atoms with van der Waals surface area (Å²) in [5.41, 5.74) is 0. The maximum atomic E-state index is 4.22. The maximum absolute atomic E-state index is 4.22. The van der Waals surface area contributed by atoms with E-state index >= 15 is 0 Å². The van der Waals surface area contributed by atoms with Gasteiger partial charge in [0.15, 0.2) is 0 Å². The molecule has 13 heavy (non-hydrogen) atoms. The molecule has 1 aromatic rings. The van der Waals surface area contributed by atoms with Crippen molar-refractivity contribution in [1.82, 2.24) is 9.97 Å². The lowest BCUT2D eigenvalue weighted by Gasteiger charge is -2.06. The van der Waals surface area contributed by atoms with Crippen LogP contribution in [0, 0.1) is 6.92 Å². The van der Waals surface area contributed by atoms with E-state index in [1.165, 1.54) is 0 Å². The van der Waals surface area contributed by atoms with E-state index in [1.54, 1.807) is 0 Å². The molecule has 72 valence electrons. The molecule has 1 aromatic heterocycles. The topological polar surface area (TPSA) is 49.8 Å². The summed E-state index contributed by atoms with van der Waals surface area (Å²) in [6.45, 7) is 2.68. The first-order valence-corrected chi connectivity index (χ1v) is 4.77. The second kappa shape index (κ2) is 4.91. The van der Waals surface area contributed by atoms with Crippen molar-refractivity contribution < 1.29 is 0 Å². The van der Waals surface area contributed by atoms with Crippen molar-refractivity contribution in [3.63, 3.8) is 0 Å². The summed E-state index contributed by atoms with van der Waals surface area (Å²) >= 11 is 4.10. The average molecular weight is 198 g/mol. The summed E-state index contributed by atoms with van der Waals surface area (Å²) in [6.07, 6.45) is 0. The molecule has 0 spiro atoms. The van der Waals surface area contributed by atoms with Crippen LogP contribution in [0.1, 0.15) is 5.82 Å². The predicted octanol–water partition coefficient (Wildman–Crippen LogP) is 1.17. The van der Waals surface area contributed by atoms with Crippen LogP contribution >= 0.6 is 12.6 Å². The summed E-state index contributed by atoms with van der Waals surface area (Å²) in [5.74, 6) is 3.21. The normalized spacial score (nSPS) is 9.77. The van der Waals surface area contributed by atoms with Crippen LogP contribution < -0.4 is 10.6 Å². The fourth-order valence-corrected chi connectivity index (χ4v) is 1.08. The van der Waals surface area contributed by atoms with Crippen LogP contribution in [0.3, 0.4) is 0 Å². The molecule has 0 aliphatic rings. The summed E-state index contributed by atoms with van der Waals surface area (Å²) in [6, 6.07) is 1.87. The Hall–Kier alpha value is -0.970. The zero-order valence-electron chi connectivity index (χ0n) is 7.83. The van der Waals surface area contributed by atoms with Crippen molar-refractivity contribution in [2.24, 2.45) is 0 Å². The molecule has 0 aromatic carbocycles. The molecule has 0 atom stereocenters. The molecule has 0 aliphatic heterocycles. The van der Waals surface area contributed by atoms with Crippen LogP contribution in [0.5, 0.6) is 0 Å². The van der Waals surface area contributed by atoms with E-state index in [9.17, 15) is 0 Å². The van der Waals surface area contributed by atoms with E-state index in [2.05, 4.69) is 33.2 Å². The van der Waals surface area contributed by atoms with Gasteiger partial charge in [0.05, 0.1) is 0 Å². The molecule has 0 aliphatic carbocycles. The van der Waals surface area contributed by atoms with E-state index in [1.807, 2.05) is 20.0 Å². The lowest BCUT2D eigenvalue weighted by atomic mass is 10.5. The fraction of sp³-hybridized carbons (Fsp3) is 0.500. The summed E-state index contributed by atoms with van der Waals surface area (Å²) in [4.78, 5) is 8.40. The molecule has 0 bridgehead atoms. The molecule has 0 saturated heterocycles. The molecule has 0 unspecified atom stereocenters. The Morgan fingerprint density at radius 2 is 2.08 bits per heavy atom. The molecule has 1 heterocycles. The second-order valence-corrected chi connectivity index (χ2v) is 3.03. The molecule has 4 nitrogen and oxygen atoms in total. The minimum absolute atomic E-state index is 0.758. The van der Waals surface area contributed by atoms with Gasteiger partial charge in [0, 0.05) is 25.4 Å². The van der Waals surface area contributed by atoms with Crippen molar-refractivity contribution >= 4 is 24.3 Å². The molecule has 0 saturated carbocycles. The third-order valence-corrected chi connectivity index (χ3v) is 1.74. The van der Waals surface area contributed by atoms with Crippen molar-refractivity contribution in [2.75, 3.05) is 30.0 Å². The Kier molecular flexibility index (Phi) is 3.82. The lowest BCUT2D eigenvalue weighted by molar-refractivity contribution is 1.04. The highest BCUT2D eigenvalue weighted by molar-refractivity contribution is 7.80. The SMILES string of the molecule is CNc1cc(NCCS)nc(C)n1. The fourth-order valence-electron chi connectivity index (χ4n) is 0.970. The molecule has 2 N–H and O–H groups in total. The summed E-state index contributed by atoms with van der Waals surface area (Å²) < 4.78 is 0. The third-order valence-electron chi connectivity index (χ3n) is 1.51. The van der Waals surface area contributed by atoms with Gasteiger partial charge < -0.3 is 10.6 Å². The van der Waals surface area contributed by atoms with Gasteiger partial charge in [-0.2, -0.15) is 12.6 Å². The first-order valence-electron chi connectivity index (χ1n) is 4.14. The minimum Gasteiger partial charge on any atom is -0.373 e. The van der Waals surface area contributed by atoms with Gasteiger partial charge in [-0.25, -0.2) is 9.97 Å². The largest absolute Gasteiger partial charge is 0.373 e. The number of nitrogens with zero attached hydrogens (tertiary/aromatic N) is 2. The van der Waals surface area contributed by atoms with Crippen molar-refractivity contribution in [2.45, 2.75) is 6.92 Å². The number of nitrogens with one attached hydrogen (secondary N) is 2. The number of anilines is 2. The van der Waals surface area contributed by atoms with Crippen LogP contribution in [0.15, 0.2) is 6.07 Å². The zero-order chi connectivity index (χ0) is 9.68. The molecule has 0 amide bonds. The molecule has 1 rings (SSSR count). The number of thiol groups is 1. The highest BCUT2D eigenvalue weighted by Crippen LogP contribution is 2.09. The van der Waals surface area contributed by atoms with E-state index in [-0.39, 0.29) is 0 Å². The van der Waals surface area contributed by atoms with Crippen LogP contribution in [0.2, 0.25) is 0 Å². The molecule has 5 heteroatoms. The standard InChI is InChI=1S/C8H14N4S/c1-6-11-7(9-2)5-8(12-6)10-3-4-13/h5,13H,3-4H2,1-2H3,(H2,9,10,11,12). The van der Waals surface area contributed by atoms with Crippen LogP contribution in [0.25, 0.3) is 0 Å². The van der Waals surface area contributed by atoms with Gasteiger partial charge in [-0.15, -0.1) is 0 Å². The van der Waals surface area contributed by atoms with Gasteiger partial charge in [0.25, 0.3) is 0 Å². The van der Waals surface area contributed by atoms with E-state index in [4.69, 9.17) is 0 Å². The first-order chi connectivity index (χ1) is 6.26. The van der Waals surface area contributed by atoms with Crippen molar-refractivity contribution in [3.8, 4) is 0 Å². The number of aryl methyl sites for hydroxylation is 1. The van der Waals surface area contributed by atoms with Gasteiger partial charge in [0.1, 0.15) is 17.5 Å². The van der Waals surface area contributed by atoms with Crippen LogP contribution in [-0.4, -0.2) is 29.3 Å². The Bertz CT molecular complexity index is 277. The zero-order valence-corrected chi connectivity index (χ0v) is 8.73. The smallest absolute Gasteiger partial charge is 0.131 e. The second-order valence-electron chi connectivity index (χ2n) is 2.59. The minimum atomic E-state index is 0.758. The molecular formula is C8H14N4S. The van der Waals surface area contributed by atoms with Crippen LogP contribution in [-0.2, 0) is 0 Å². The predicted molar refractivity (Wildman–Crippen MR) is 58.7 cm³/mol. The first kappa shape index (κ1) is 10.1. The molecule has 0 radical (unpaired) electrons. The quantitative estimate of drug-likeness (QED) is 0.636. The van der Waals surface area contributed by atoms with Crippen LogP contribution in [0.4, 0.5) is 11.6 Å². The number of hydrogen-bond acceptors (Lipinski definition) is 5.